The first-order valence-corrected chi connectivity index (χ1v) is 6.49. The highest BCUT2D eigenvalue weighted by Gasteiger charge is 2.33. The van der Waals surface area contributed by atoms with E-state index in [0.29, 0.717) is 12.0 Å². The quantitative estimate of drug-likeness (QED) is 0.869. The molecule has 0 aliphatic carbocycles. The Morgan fingerprint density at radius 3 is 2.94 bits per heavy atom. The average Bonchev–Trinajstić information content (AvgIpc) is 2.60. The number of nitrogens with two attached hydrogens (primary N) is 1. The van der Waals surface area contributed by atoms with Gasteiger partial charge in [-0.1, -0.05) is 13.8 Å². The number of nitrogens with zero attached hydrogens (tertiary/aromatic N) is 2. The zero-order valence-electron chi connectivity index (χ0n) is 11.1. The largest absolute Gasteiger partial charge is 0.326 e. The van der Waals surface area contributed by atoms with Crippen molar-refractivity contribution >= 4 is 0 Å². The van der Waals surface area contributed by atoms with Crippen molar-refractivity contribution in [2.24, 2.45) is 11.7 Å². The second-order valence-corrected chi connectivity index (χ2v) is 5.52. The number of pyridine rings is 1. The van der Waals surface area contributed by atoms with E-state index in [1.54, 1.807) is 0 Å². The third-order valence-corrected chi connectivity index (χ3v) is 3.55. The Kier molecular flexibility index (Phi) is 3.79. The van der Waals surface area contributed by atoms with Gasteiger partial charge in [-0.3, -0.25) is 9.88 Å². The summed E-state index contributed by atoms with van der Waals surface area (Å²) >= 11 is 0. The van der Waals surface area contributed by atoms with E-state index in [1.807, 2.05) is 12.4 Å². The molecule has 0 radical (unpaired) electrons. The average molecular weight is 233 g/mol. The molecule has 0 aromatic carbocycles. The summed E-state index contributed by atoms with van der Waals surface area (Å²) in [5.74, 6) is 0.680. The van der Waals surface area contributed by atoms with E-state index in [9.17, 15) is 0 Å². The Balaban J connectivity index is 2.24. The lowest BCUT2D eigenvalue weighted by molar-refractivity contribution is 0.220. The third-order valence-electron chi connectivity index (χ3n) is 3.55. The van der Waals surface area contributed by atoms with Crippen LogP contribution in [0.25, 0.3) is 0 Å². The van der Waals surface area contributed by atoms with Crippen molar-refractivity contribution in [1.29, 1.82) is 0 Å². The summed E-state index contributed by atoms with van der Waals surface area (Å²) in [6.07, 6.45) is 4.93. The molecule has 94 valence electrons. The van der Waals surface area contributed by atoms with Gasteiger partial charge in [-0.05, 0) is 36.5 Å². The maximum Gasteiger partial charge on any atom is 0.0517 e. The van der Waals surface area contributed by atoms with Crippen LogP contribution in [0.3, 0.4) is 0 Å². The van der Waals surface area contributed by atoms with Crippen molar-refractivity contribution in [2.75, 3.05) is 13.1 Å². The fraction of sp³-hybridized carbons (Fsp3) is 0.643. The number of likely N-dealkylation sites (tertiary alicyclic amines) is 1. The van der Waals surface area contributed by atoms with E-state index in [1.165, 1.54) is 11.1 Å². The van der Waals surface area contributed by atoms with Crippen molar-refractivity contribution in [1.82, 2.24) is 9.88 Å². The van der Waals surface area contributed by atoms with Crippen molar-refractivity contribution in [3.8, 4) is 0 Å². The number of hydrogen-bond acceptors (Lipinski definition) is 3. The van der Waals surface area contributed by atoms with E-state index < -0.39 is 0 Å². The van der Waals surface area contributed by atoms with E-state index in [4.69, 9.17) is 5.73 Å². The molecule has 0 saturated carbocycles. The number of rotatable bonds is 3. The van der Waals surface area contributed by atoms with Gasteiger partial charge in [0.15, 0.2) is 0 Å². The lowest BCUT2D eigenvalue weighted by atomic mass is 9.98. The molecule has 2 unspecified atom stereocenters. The van der Waals surface area contributed by atoms with Crippen molar-refractivity contribution < 1.29 is 0 Å². The van der Waals surface area contributed by atoms with Crippen LogP contribution in [0.15, 0.2) is 18.5 Å². The van der Waals surface area contributed by atoms with Gasteiger partial charge in [-0.15, -0.1) is 0 Å². The van der Waals surface area contributed by atoms with E-state index in [0.717, 1.165) is 19.5 Å². The van der Waals surface area contributed by atoms with Crippen molar-refractivity contribution in [3.63, 3.8) is 0 Å². The molecular weight excluding hydrogens is 210 g/mol. The monoisotopic (exact) mass is 233 g/mol. The maximum absolute atomic E-state index is 6.28. The van der Waals surface area contributed by atoms with Gasteiger partial charge in [0.05, 0.1) is 6.04 Å². The lowest BCUT2D eigenvalue weighted by Gasteiger charge is -2.29. The number of hydrogen-bond donors (Lipinski definition) is 1. The van der Waals surface area contributed by atoms with Crippen LogP contribution in [0.1, 0.15) is 37.4 Å². The highest BCUT2D eigenvalue weighted by Crippen LogP contribution is 2.32. The summed E-state index contributed by atoms with van der Waals surface area (Å²) in [6.45, 7) is 8.90. The molecule has 2 rings (SSSR count). The highest BCUT2D eigenvalue weighted by atomic mass is 15.2. The standard InChI is InChI=1S/C14H23N3/c1-10(2)9-17-7-5-13(15)14(17)12-8-16-6-4-11(12)3/h4,6,8,10,13-14H,5,7,9,15H2,1-3H3. The fourth-order valence-corrected chi connectivity index (χ4v) is 2.77. The first-order chi connectivity index (χ1) is 8.09. The molecule has 2 N–H and O–H groups in total. The maximum atomic E-state index is 6.28. The molecule has 2 heterocycles. The summed E-state index contributed by atoms with van der Waals surface area (Å²) in [5, 5.41) is 0. The molecule has 2 atom stereocenters. The topological polar surface area (TPSA) is 42.1 Å². The first kappa shape index (κ1) is 12.5. The molecule has 1 fully saturated rings. The molecule has 17 heavy (non-hydrogen) atoms. The van der Waals surface area contributed by atoms with Gasteiger partial charge in [0.25, 0.3) is 0 Å². The zero-order valence-corrected chi connectivity index (χ0v) is 11.1. The van der Waals surface area contributed by atoms with Crippen LogP contribution < -0.4 is 5.73 Å². The van der Waals surface area contributed by atoms with Gasteiger partial charge < -0.3 is 5.73 Å². The summed E-state index contributed by atoms with van der Waals surface area (Å²) in [7, 11) is 0. The van der Waals surface area contributed by atoms with Crippen LogP contribution in [0.5, 0.6) is 0 Å². The second kappa shape index (κ2) is 5.15. The third kappa shape index (κ3) is 2.67. The molecule has 3 nitrogen and oxygen atoms in total. The van der Waals surface area contributed by atoms with Gasteiger partial charge in [0.1, 0.15) is 0 Å². The fourth-order valence-electron chi connectivity index (χ4n) is 2.77. The number of aryl methyl sites for hydroxylation is 1. The molecular formula is C14H23N3. The van der Waals surface area contributed by atoms with Gasteiger partial charge in [0, 0.05) is 31.5 Å². The van der Waals surface area contributed by atoms with Crippen molar-refractivity contribution in [3.05, 3.63) is 29.6 Å². The molecule has 0 amide bonds. The van der Waals surface area contributed by atoms with E-state index in [-0.39, 0.29) is 6.04 Å². The molecule has 1 aromatic rings. The minimum absolute atomic E-state index is 0.247. The zero-order chi connectivity index (χ0) is 12.4. The first-order valence-electron chi connectivity index (χ1n) is 6.49. The van der Waals surface area contributed by atoms with E-state index >= 15 is 0 Å². The molecule has 3 heteroatoms. The van der Waals surface area contributed by atoms with Gasteiger partial charge in [0.2, 0.25) is 0 Å². The van der Waals surface area contributed by atoms with Gasteiger partial charge in [-0.2, -0.15) is 0 Å². The smallest absolute Gasteiger partial charge is 0.0517 e. The van der Waals surface area contributed by atoms with Crippen LogP contribution >= 0.6 is 0 Å². The Hall–Kier alpha value is -0.930. The van der Waals surface area contributed by atoms with Crippen molar-refractivity contribution in [2.45, 2.75) is 39.3 Å². The van der Waals surface area contributed by atoms with Gasteiger partial charge >= 0.3 is 0 Å². The van der Waals surface area contributed by atoms with E-state index in [2.05, 4.69) is 36.7 Å². The molecule has 1 aromatic heterocycles. The van der Waals surface area contributed by atoms with Crippen LogP contribution in [-0.4, -0.2) is 29.0 Å². The molecule has 1 aliphatic heterocycles. The predicted octanol–water partition coefficient (Wildman–Crippen LogP) is 2.12. The summed E-state index contributed by atoms with van der Waals surface area (Å²) in [6, 6.07) is 2.68. The van der Waals surface area contributed by atoms with Crippen LogP contribution in [0.4, 0.5) is 0 Å². The summed E-state index contributed by atoms with van der Waals surface area (Å²) < 4.78 is 0. The minimum Gasteiger partial charge on any atom is -0.326 e. The minimum atomic E-state index is 0.247. The Morgan fingerprint density at radius 1 is 1.53 bits per heavy atom. The molecule has 1 saturated heterocycles. The Labute approximate surface area is 104 Å². The molecule has 1 aliphatic rings. The van der Waals surface area contributed by atoms with Crippen LogP contribution in [0.2, 0.25) is 0 Å². The molecule has 0 spiro atoms. The Bertz CT molecular complexity index is 375. The molecule has 0 bridgehead atoms. The predicted molar refractivity (Wildman–Crippen MR) is 70.7 cm³/mol. The summed E-state index contributed by atoms with van der Waals surface area (Å²) in [4.78, 5) is 6.77. The SMILES string of the molecule is Cc1ccncc1C1C(N)CCN1CC(C)C. The highest BCUT2D eigenvalue weighted by molar-refractivity contribution is 5.27. The number of aromatic nitrogens is 1. The lowest BCUT2D eigenvalue weighted by Crippen LogP contribution is -2.34. The van der Waals surface area contributed by atoms with Crippen LogP contribution in [-0.2, 0) is 0 Å². The Morgan fingerprint density at radius 2 is 2.29 bits per heavy atom. The normalized spacial score (nSPS) is 25.7. The second-order valence-electron chi connectivity index (χ2n) is 5.52. The summed E-state index contributed by atoms with van der Waals surface area (Å²) in [5.41, 5.74) is 8.88. The van der Waals surface area contributed by atoms with Gasteiger partial charge in [-0.25, -0.2) is 0 Å². The van der Waals surface area contributed by atoms with Crippen LogP contribution in [0, 0.1) is 12.8 Å².